The van der Waals surface area contributed by atoms with Gasteiger partial charge in [-0.25, -0.2) is 4.68 Å². The molecule has 0 aliphatic heterocycles. The molecule has 0 aliphatic carbocycles. The van der Waals surface area contributed by atoms with Gasteiger partial charge in [-0.05, 0) is 25.1 Å². The van der Waals surface area contributed by atoms with Gasteiger partial charge in [0.15, 0.2) is 0 Å². The van der Waals surface area contributed by atoms with Gasteiger partial charge in [-0.1, -0.05) is 18.2 Å². The van der Waals surface area contributed by atoms with E-state index in [1.54, 1.807) is 18.1 Å². The van der Waals surface area contributed by atoms with Crippen LogP contribution in [0.25, 0.3) is 5.69 Å². The van der Waals surface area contributed by atoms with Crippen molar-refractivity contribution in [2.75, 3.05) is 33.4 Å². The van der Waals surface area contributed by atoms with Crippen molar-refractivity contribution in [1.82, 2.24) is 20.1 Å². The lowest BCUT2D eigenvalue weighted by atomic mass is 10.3. The fourth-order valence-electron chi connectivity index (χ4n) is 1.68. The van der Waals surface area contributed by atoms with Crippen LogP contribution in [0.4, 0.5) is 0 Å². The highest BCUT2D eigenvalue weighted by molar-refractivity contribution is 5.29. The van der Waals surface area contributed by atoms with Crippen LogP contribution >= 0.6 is 0 Å². The van der Waals surface area contributed by atoms with Gasteiger partial charge in [0.25, 0.3) is 0 Å². The predicted octanol–water partition coefficient (Wildman–Crippen LogP) is 1.27. The van der Waals surface area contributed by atoms with Gasteiger partial charge in [0.1, 0.15) is 6.33 Å². The molecule has 0 unspecified atom stereocenters. The summed E-state index contributed by atoms with van der Waals surface area (Å²) in [4.78, 5) is 4.13. The maximum absolute atomic E-state index is 5.50. The lowest BCUT2D eigenvalue weighted by molar-refractivity contribution is 0.198. The Bertz CT molecular complexity index is 487. The van der Waals surface area contributed by atoms with Crippen molar-refractivity contribution in [3.63, 3.8) is 0 Å². The molecule has 2 aromatic rings. The second-order valence-corrected chi connectivity index (χ2v) is 4.25. The molecular weight excluding hydrogens is 256 g/mol. The van der Waals surface area contributed by atoms with E-state index in [1.807, 2.05) is 30.3 Å². The highest BCUT2D eigenvalue weighted by atomic mass is 16.5. The van der Waals surface area contributed by atoms with Crippen LogP contribution in [0.3, 0.4) is 0 Å². The Morgan fingerprint density at radius 3 is 2.80 bits per heavy atom. The first-order chi connectivity index (χ1) is 9.90. The first-order valence-corrected chi connectivity index (χ1v) is 6.69. The molecule has 108 valence electrons. The summed E-state index contributed by atoms with van der Waals surface area (Å²) in [5, 5.41) is 7.52. The number of benzene rings is 1. The zero-order valence-corrected chi connectivity index (χ0v) is 11.7. The molecule has 0 aliphatic rings. The highest BCUT2D eigenvalue weighted by Gasteiger charge is 2.02. The van der Waals surface area contributed by atoms with Crippen molar-refractivity contribution >= 4 is 0 Å². The summed E-state index contributed by atoms with van der Waals surface area (Å²) in [5.74, 6) is 0. The molecule has 1 aromatic heterocycles. The Morgan fingerprint density at radius 1 is 1.15 bits per heavy atom. The molecule has 6 nitrogen and oxygen atoms in total. The second kappa shape index (κ2) is 8.29. The molecule has 0 spiro atoms. The molecule has 0 bridgehead atoms. The fourth-order valence-corrected chi connectivity index (χ4v) is 1.68. The van der Waals surface area contributed by atoms with Crippen LogP contribution < -0.4 is 10.1 Å². The number of ether oxygens (including phenoxy) is 2. The Labute approximate surface area is 118 Å². The summed E-state index contributed by atoms with van der Waals surface area (Å²) in [5.41, 5.74) is 0.969. The van der Waals surface area contributed by atoms with Crippen LogP contribution in [0.5, 0.6) is 6.01 Å². The number of aromatic nitrogens is 3. The number of nitrogens with zero attached hydrogens (tertiary/aromatic N) is 3. The molecule has 1 N–H and O–H groups in total. The lowest BCUT2D eigenvalue weighted by Crippen LogP contribution is -2.21. The zero-order valence-electron chi connectivity index (χ0n) is 11.7. The van der Waals surface area contributed by atoms with E-state index >= 15 is 0 Å². The average Bonchev–Trinajstić information content (AvgIpc) is 2.96. The Kier molecular flexibility index (Phi) is 6.01. The van der Waals surface area contributed by atoms with Crippen molar-refractivity contribution in [2.24, 2.45) is 0 Å². The quantitative estimate of drug-likeness (QED) is 0.699. The van der Waals surface area contributed by atoms with Gasteiger partial charge in [-0.2, -0.15) is 4.98 Å². The van der Waals surface area contributed by atoms with E-state index in [2.05, 4.69) is 15.4 Å². The Morgan fingerprint density at radius 2 is 2.00 bits per heavy atom. The molecule has 6 heteroatoms. The summed E-state index contributed by atoms with van der Waals surface area (Å²) in [7, 11) is 1.69. The highest BCUT2D eigenvalue weighted by Crippen LogP contribution is 2.08. The minimum atomic E-state index is 0.408. The summed E-state index contributed by atoms with van der Waals surface area (Å²) >= 11 is 0. The van der Waals surface area contributed by atoms with Crippen LogP contribution in [0.15, 0.2) is 36.7 Å². The molecule has 0 fully saturated rings. The third-order valence-corrected chi connectivity index (χ3v) is 2.70. The summed E-state index contributed by atoms with van der Waals surface area (Å²) in [6, 6.07) is 10.2. The minimum absolute atomic E-state index is 0.408. The van der Waals surface area contributed by atoms with E-state index < -0.39 is 0 Å². The lowest BCUT2D eigenvalue weighted by Gasteiger charge is -2.04. The molecular formula is C14H20N4O2. The van der Waals surface area contributed by atoms with E-state index in [1.165, 1.54) is 0 Å². The molecule has 1 heterocycles. The van der Waals surface area contributed by atoms with Crippen molar-refractivity contribution in [1.29, 1.82) is 0 Å². The van der Waals surface area contributed by atoms with E-state index in [0.29, 0.717) is 12.6 Å². The standard InChI is InChI=1S/C14H20N4O2/c1-19-11-9-15-8-5-10-20-14-16-12-18(17-14)13-6-3-2-4-7-13/h2-4,6-7,12,15H,5,8-11H2,1H3. The second-order valence-electron chi connectivity index (χ2n) is 4.25. The van der Waals surface area contributed by atoms with Gasteiger partial charge in [0.2, 0.25) is 0 Å². The largest absolute Gasteiger partial charge is 0.462 e. The Hall–Kier alpha value is -1.92. The third-order valence-electron chi connectivity index (χ3n) is 2.70. The number of hydrogen-bond donors (Lipinski definition) is 1. The first-order valence-electron chi connectivity index (χ1n) is 6.69. The SMILES string of the molecule is COCCNCCCOc1ncn(-c2ccccc2)n1. The predicted molar refractivity (Wildman–Crippen MR) is 76.2 cm³/mol. The van der Waals surface area contributed by atoms with Crippen molar-refractivity contribution in [3.05, 3.63) is 36.7 Å². The summed E-state index contributed by atoms with van der Waals surface area (Å²) in [6.07, 6.45) is 2.56. The molecule has 2 rings (SSSR count). The van der Waals surface area contributed by atoms with Crippen molar-refractivity contribution < 1.29 is 9.47 Å². The van der Waals surface area contributed by atoms with Crippen molar-refractivity contribution in [2.45, 2.75) is 6.42 Å². The van der Waals surface area contributed by atoms with Gasteiger partial charge < -0.3 is 14.8 Å². The topological polar surface area (TPSA) is 61.2 Å². The normalized spacial score (nSPS) is 10.7. The third kappa shape index (κ3) is 4.64. The number of rotatable bonds is 9. The number of methoxy groups -OCH3 is 1. The maximum atomic E-state index is 5.50. The van der Waals surface area contributed by atoms with Gasteiger partial charge in [0, 0.05) is 13.7 Å². The maximum Gasteiger partial charge on any atom is 0.335 e. The summed E-state index contributed by atoms with van der Waals surface area (Å²) < 4.78 is 12.1. The van der Waals surface area contributed by atoms with E-state index in [-0.39, 0.29) is 0 Å². The summed E-state index contributed by atoms with van der Waals surface area (Å²) in [6.45, 7) is 3.07. The smallest absolute Gasteiger partial charge is 0.335 e. The molecule has 0 atom stereocenters. The first kappa shape index (κ1) is 14.5. The molecule has 20 heavy (non-hydrogen) atoms. The minimum Gasteiger partial charge on any atom is -0.462 e. The number of hydrogen-bond acceptors (Lipinski definition) is 5. The van der Waals surface area contributed by atoms with Crippen molar-refractivity contribution in [3.8, 4) is 11.7 Å². The monoisotopic (exact) mass is 276 g/mol. The van der Waals surface area contributed by atoms with Gasteiger partial charge in [-0.15, -0.1) is 5.10 Å². The van der Waals surface area contributed by atoms with Gasteiger partial charge in [0.05, 0.1) is 18.9 Å². The van der Waals surface area contributed by atoms with Crippen LogP contribution in [-0.4, -0.2) is 48.2 Å². The molecule has 1 aromatic carbocycles. The van der Waals surface area contributed by atoms with Crippen LogP contribution in [0.1, 0.15) is 6.42 Å². The van der Waals surface area contributed by atoms with Gasteiger partial charge in [-0.3, -0.25) is 0 Å². The van der Waals surface area contributed by atoms with Crippen LogP contribution in [0, 0.1) is 0 Å². The fraction of sp³-hybridized carbons (Fsp3) is 0.429. The zero-order chi connectivity index (χ0) is 14.0. The van der Waals surface area contributed by atoms with Gasteiger partial charge >= 0.3 is 6.01 Å². The molecule has 0 radical (unpaired) electrons. The molecule has 0 saturated carbocycles. The Balaban J connectivity index is 1.69. The molecule has 0 saturated heterocycles. The van der Waals surface area contributed by atoms with Crippen LogP contribution in [-0.2, 0) is 4.74 Å². The molecule has 0 amide bonds. The van der Waals surface area contributed by atoms with E-state index in [4.69, 9.17) is 9.47 Å². The van der Waals surface area contributed by atoms with Crippen LogP contribution in [0.2, 0.25) is 0 Å². The van der Waals surface area contributed by atoms with E-state index in [0.717, 1.165) is 31.8 Å². The average molecular weight is 276 g/mol. The number of para-hydroxylation sites is 1. The van der Waals surface area contributed by atoms with E-state index in [9.17, 15) is 0 Å². The number of nitrogens with one attached hydrogen (secondary N) is 1.